The van der Waals surface area contributed by atoms with E-state index in [0.717, 1.165) is 25.5 Å². The van der Waals surface area contributed by atoms with Gasteiger partial charge >= 0.3 is 0 Å². The Kier molecular flexibility index (Phi) is 3.31. The standard InChI is InChI=1S/C6H13NO2S/c1-10(8)3-2-7-6-4-9-5-6/h6-7H,2-5H2,1H3. The molecule has 1 aliphatic rings. The second-order valence-corrected chi connectivity index (χ2v) is 4.02. The molecule has 0 bridgehead atoms. The molecule has 0 aromatic carbocycles. The topological polar surface area (TPSA) is 38.3 Å². The number of rotatable bonds is 4. The molecule has 0 aliphatic carbocycles. The highest BCUT2D eigenvalue weighted by Gasteiger charge is 2.16. The van der Waals surface area contributed by atoms with Crippen LogP contribution in [0.3, 0.4) is 0 Å². The van der Waals surface area contributed by atoms with Crippen molar-refractivity contribution in [2.24, 2.45) is 0 Å². The highest BCUT2D eigenvalue weighted by molar-refractivity contribution is 7.84. The van der Waals surface area contributed by atoms with E-state index in [1.165, 1.54) is 0 Å². The number of hydrogen-bond donors (Lipinski definition) is 1. The molecule has 1 rings (SSSR count). The Bertz CT molecular complexity index is 125. The van der Waals surface area contributed by atoms with E-state index >= 15 is 0 Å². The third kappa shape index (κ3) is 2.77. The van der Waals surface area contributed by atoms with Gasteiger partial charge in [0.25, 0.3) is 0 Å². The third-order valence-corrected chi connectivity index (χ3v) is 2.24. The van der Waals surface area contributed by atoms with Crippen molar-refractivity contribution >= 4 is 10.8 Å². The van der Waals surface area contributed by atoms with Gasteiger partial charge in [-0.1, -0.05) is 0 Å². The number of nitrogens with one attached hydrogen (secondary N) is 1. The molecule has 4 heteroatoms. The van der Waals surface area contributed by atoms with E-state index in [1.807, 2.05) is 0 Å². The van der Waals surface area contributed by atoms with Crippen molar-refractivity contribution in [3.63, 3.8) is 0 Å². The molecule has 60 valence electrons. The van der Waals surface area contributed by atoms with Crippen LogP contribution in [0.2, 0.25) is 0 Å². The van der Waals surface area contributed by atoms with Crippen LogP contribution in [0.25, 0.3) is 0 Å². The molecule has 1 aliphatic heterocycles. The Morgan fingerprint density at radius 3 is 2.80 bits per heavy atom. The van der Waals surface area contributed by atoms with Gasteiger partial charge in [0.1, 0.15) is 0 Å². The molecule has 1 saturated heterocycles. The van der Waals surface area contributed by atoms with Crippen molar-refractivity contribution in [2.45, 2.75) is 6.04 Å². The van der Waals surface area contributed by atoms with Crippen molar-refractivity contribution in [1.82, 2.24) is 5.32 Å². The number of ether oxygens (including phenoxy) is 1. The Labute approximate surface area is 63.6 Å². The van der Waals surface area contributed by atoms with Gasteiger partial charge in [-0.25, -0.2) is 0 Å². The second-order valence-electron chi connectivity index (χ2n) is 2.47. The van der Waals surface area contributed by atoms with Gasteiger partial charge in [-0.3, -0.25) is 4.21 Å². The molecule has 0 aromatic rings. The van der Waals surface area contributed by atoms with Crippen molar-refractivity contribution in [1.29, 1.82) is 0 Å². The summed E-state index contributed by atoms with van der Waals surface area (Å²) in [5.74, 6) is 0.747. The first-order valence-corrected chi connectivity index (χ1v) is 5.13. The molecule has 10 heavy (non-hydrogen) atoms. The molecule has 1 unspecified atom stereocenters. The van der Waals surface area contributed by atoms with Gasteiger partial charge in [0, 0.05) is 29.4 Å². The summed E-state index contributed by atoms with van der Waals surface area (Å²) in [6.07, 6.45) is 1.72. The predicted octanol–water partition coefficient (Wildman–Crippen LogP) is -0.647. The van der Waals surface area contributed by atoms with E-state index < -0.39 is 10.8 Å². The maximum atomic E-state index is 10.6. The predicted molar refractivity (Wildman–Crippen MR) is 41.5 cm³/mol. The zero-order valence-electron chi connectivity index (χ0n) is 6.13. The normalized spacial score (nSPS) is 22.1. The lowest BCUT2D eigenvalue weighted by atomic mass is 10.3. The van der Waals surface area contributed by atoms with Gasteiger partial charge in [-0.2, -0.15) is 0 Å². The molecule has 0 spiro atoms. The van der Waals surface area contributed by atoms with Crippen LogP contribution < -0.4 is 5.32 Å². The van der Waals surface area contributed by atoms with E-state index in [4.69, 9.17) is 4.74 Å². The van der Waals surface area contributed by atoms with Gasteiger partial charge < -0.3 is 10.1 Å². The van der Waals surface area contributed by atoms with Gasteiger partial charge in [-0.15, -0.1) is 0 Å². The maximum Gasteiger partial charge on any atom is 0.0643 e. The summed E-state index contributed by atoms with van der Waals surface area (Å²) in [6, 6.07) is 0.517. The smallest absolute Gasteiger partial charge is 0.0643 e. The first kappa shape index (κ1) is 8.17. The van der Waals surface area contributed by atoms with Crippen molar-refractivity contribution in [3.05, 3.63) is 0 Å². The summed E-state index contributed by atoms with van der Waals surface area (Å²) in [7, 11) is -0.663. The van der Waals surface area contributed by atoms with E-state index in [0.29, 0.717) is 6.04 Å². The molecular formula is C6H13NO2S. The lowest BCUT2D eigenvalue weighted by molar-refractivity contribution is -0.00408. The molecule has 1 heterocycles. The maximum absolute atomic E-state index is 10.6. The van der Waals surface area contributed by atoms with Crippen LogP contribution in [-0.2, 0) is 15.5 Å². The Morgan fingerprint density at radius 2 is 2.40 bits per heavy atom. The van der Waals surface area contributed by atoms with Crippen LogP contribution in [0.4, 0.5) is 0 Å². The fraction of sp³-hybridized carbons (Fsp3) is 1.00. The van der Waals surface area contributed by atoms with Crippen LogP contribution >= 0.6 is 0 Å². The zero-order valence-corrected chi connectivity index (χ0v) is 6.95. The Morgan fingerprint density at radius 1 is 1.70 bits per heavy atom. The average Bonchev–Trinajstić information content (AvgIpc) is 1.75. The molecule has 0 saturated carbocycles. The summed E-state index contributed by atoms with van der Waals surface area (Å²) in [5, 5.41) is 3.23. The minimum absolute atomic E-state index is 0.517. The van der Waals surface area contributed by atoms with Gasteiger partial charge in [-0.05, 0) is 0 Å². The third-order valence-electron chi connectivity index (χ3n) is 1.46. The van der Waals surface area contributed by atoms with Crippen molar-refractivity contribution < 1.29 is 8.95 Å². The fourth-order valence-electron chi connectivity index (χ4n) is 0.760. The zero-order chi connectivity index (χ0) is 7.40. The average molecular weight is 163 g/mol. The highest BCUT2D eigenvalue weighted by atomic mass is 32.2. The van der Waals surface area contributed by atoms with Crippen molar-refractivity contribution in [3.8, 4) is 0 Å². The van der Waals surface area contributed by atoms with Crippen molar-refractivity contribution in [2.75, 3.05) is 31.8 Å². The molecule has 0 radical (unpaired) electrons. The van der Waals surface area contributed by atoms with Crippen LogP contribution in [-0.4, -0.2) is 42.0 Å². The van der Waals surface area contributed by atoms with Gasteiger partial charge in [0.15, 0.2) is 0 Å². The second kappa shape index (κ2) is 4.05. The van der Waals surface area contributed by atoms with Crippen LogP contribution in [0.15, 0.2) is 0 Å². The first-order valence-electron chi connectivity index (χ1n) is 3.40. The highest BCUT2D eigenvalue weighted by Crippen LogP contribution is 1.97. The van der Waals surface area contributed by atoms with E-state index in [-0.39, 0.29) is 0 Å². The van der Waals surface area contributed by atoms with Crippen LogP contribution in [0.1, 0.15) is 0 Å². The van der Waals surface area contributed by atoms with E-state index in [9.17, 15) is 4.21 Å². The Hall–Kier alpha value is 0.0700. The lowest BCUT2D eigenvalue weighted by Crippen LogP contribution is -2.47. The first-order chi connectivity index (χ1) is 4.79. The summed E-state index contributed by atoms with van der Waals surface area (Å²) in [5.41, 5.74) is 0. The SMILES string of the molecule is CS(=O)CCNC1COC1. The molecule has 1 fully saturated rings. The molecule has 1 atom stereocenters. The monoisotopic (exact) mass is 163 g/mol. The summed E-state index contributed by atoms with van der Waals surface area (Å²) < 4.78 is 15.5. The minimum atomic E-state index is -0.663. The molecule has 0 amide bonds. The Balaban J connectivity index is 1.89. The fourth-order valence-corrected chi connectivity index (χ4v) is 1.17. The summed E-state index contributed by atoms with van der Waals surface area (Å²) in [6.45, 7) is 2.48. The molecule has 3 nitrogen and oxygen atoms in total. The van der Waals surface area contributed by atoms with Gasteiger partial charge in [0.05, 0.1) is 19.3 Å². The molecule has 0 aromatic heterocycles. The summed E-state index contributed by atoms with van der Waals surface area (Å²) in [4.78, 5) is 0. The largest absolute Gasteiger partial charge is 0.378 e. The quantitative estimate of drug-likeness (QED) is 0.599. The lowest BCUT2D eigenvalue weighted by Gasteiger charge is -2.26. The minimum Gasteiger partial charge on any atom is -0.378 e. The van der Waals surface area contributed by atoms with E-state index in [1.54, 1.807) is 6.26 Å². The van der Waals surface area contributed by atoms with Crippen LogP contribution in [0, 0.1) is 0 Å². The number of hydrogen-bond acceptors (Lipinski definition) is 3. The summed E-state index contributed by atoms with van der Waals surface area (Å²) >= 11 is 0. The molecular weight excluding hydrogens is 150 g/mol. The van der Waals surface area contributed by atoms with E-state index in [2.05, 4.69) is 5.32 Å². The van der Waals surface area contributed by atoms with Gasteiger partial charge in [0.2, 0.25) is 0 Å². The van der Waals surface area contributed by atoms with Crippen LogP contribution in [0.5, 0.6) is 0 Å². The molecule has 1 N–H and O–H groups in total.